The molecule has 1 spiro atoms. The van der Waals surface area contributed by atoms with Crippen LogP contribution in [0.4, 0.5) is 0 Å². The van der Waals surface area contributed by atoms with Crippen molar-refractivity contribution in [1.29, 1.82) is 0 Å². The topological polar surface area (TPSA) is 38.8 Å². The molecule has 20 heavy (non-hydrogen) atoms. The molecule has 0 aromatic heterocycles. The van der Waals surface area contributed by atoms with Gasteiger partial charge in [0, 0.05) is 12.8 Å². The van der Waals surface area contributed by atoms with Gasteiger partial charge in [0.2, 0.25) is 0 Å². The van der Waals surface area contributed by atoms with Gasteiger partial charge in [-0.05, 0) is 77.0 Å². The molecule has 0 unspecified atom stereocenters. The summed E-state index contributed by atoms with van der Waals surface area (Å²) in [6.45, 7) is 9.51. The molecule has 118 valence electrons. The first kappa shape index (κ1) is 17.8. The van der Waals surface area contributed by atoms with Crippen LogP contribution in [0.2, 0.25) is 0 Å². The van der Waals surface area contributed by atoms with Crippen molar-refractivity contribution in [3.63, 3.8) is 0 Å². The molecule has 0 N–H and O–H groups in total. The Morgan fingerprint density at radius 3 is 2.40 bits per heavy atom. The zero-order chi connectivity index (χ0) is 15.2. The fourth-order valence-electron chi connectivity index (χ4n) is 3.08. The van der Waals surface area contributed by atoms with Gasteiger partial charge >= 0.3 is 0 Å². The van der Waals surface area contributed by atoms with Crippen LogP contribution in [0.5, 0.6) is 0 Å². The summed E-state index contributed by atoms with van der Waals surface area (Å²) in [4.78, 5) is 12.1. The first-order valence-corrected chi connectivity index (χ1v) is 8.41. The summed E-state index contributed by atoms with van der Waals surface area (Å²) in [5.74, 6) is 0.846. The van der Waals surface area contributed by atoms with E-state index in [0.717, 1.165) is 12.5 Å². The van der Waals surface area contributed by atoms with Crippen molar-refractivity contribution in [1.82, 2.24) is 4.90 Å². The van der Waals surface area contributed by atoms with Gasteiger partial charge in [0.25, 0.3) is 6.47 Å². The Hall–Kier alpha value is -0.260. The molecule has 1 saturated carbocycles. The molecule has 0 aromatic rings. The Labute approximate surface area is 127 Å². The molecule has 2 fully saturated rings. The third-order valence-corrected chi connectivity index (χ3v) is 4.27. The van der Waals surface area contributed by atoms with Crippen LogP contribution in [-0.2, 0) is 13.7 Å². The van der Waals surface area contributed by atoms with Crippen molar-refractivity contribution in [2.75, 3.05) is 33.0 Å². The molecule has 0 bridgehead atoms. The predicted molar refractivity (Wildman–Crippen MR) is 83.6 cm³/mol. The van der Waals surface area contributed by atoms with Crippen molar-refractivity contribution in [3.05, 3.63) is 0 Å². The summed E-state index contributed by atoms with van der Waals surface area (Å²) in [5, 5.41) is 0. The van der Waals surface area contributed by atoms with Gasteiger partial charge in [-0.2, -0.15) is 0 Å². The van der Waals surface area contributed by atoms with Crippen molar-refractivity contribution in [2.24, 2.45) is 11.3 Å². The first-order valence-electron chi connectivity index (χ1n) is 7.26. The van der Waals surface area contributed by atoms with E-state index in [9.17, 15) is 4.79 Å². The molecular formula is C15H29NO3S. The van der Waals surface area contributed by atoms with Crippen LogP contribution < -0.4 is 0 Å². The quantitative estimate of drug-likeness (QED) is 0.590. The lowest BCUT2D eigenvalue weighted by Crippen LogP contribution is -2.40. The standard InChI is InChI=1S/C10H19NOS.C5H10O2/c1-11-4-3-10(8-11)5-9(6-10)7-12-13-2;1-5(2,3)7-4-6/h9H,3-8H2,1-2H3;4H,1-3H3. The summed E-state index contributed by atoms with van der Waals surface area (Å²) in [6, 6.07) is 0. The molecule has 0 atom stereocenters. The van der Waals surface area contributed by atoms with E-state index >= 15 is 0 Å². The highest BCUT2D eigenvalue weighted by atomic mass is 32.2. The second-order valence-corrected chi connectivity index (χ2v) is 7.61. The predicted octanol–water partition coefficient (Wildman–Crippen LogP) is 2.97. The van der Waals surface area contributed by atoms with Gasteiger partial charge < -0.3 is 13.8 Å². The summed E-state index contributed by atoms with van der Waals surface area (Å²) < 4.78 is 9.92. The number of carbonyl (C=O) groups is 1. The number of ether oxygens (including phenoxy) is 1. The Balaban J connectivity index is 0.000000246. The van der Waals surface area contributed by atoms with Gasteiger partial charge in [-0.15, -0.1) is 0 Å². The lowest BCUT2D eigenvalue weighted by Gasteiger charge is -2.45. The molecule has 4 nitrogen and oxygen atoms in total. The van der Waals surface area contributed by atoms with Gasteiger partial charge in [-0.3, -0.25) is 4.79 Å². The molecular weight excluding hydrogens is 274 g/mol. The highest BCUT2D eigenvalue weighted by molar-refractivity contribution is 7.93. The zero-order valence-corrected chi connectivity index (χ0v) is 14.3. The van der Waals surface area contributed by atoms with Gasteiger partial charge in [-0.1, -0.05) is 0 Å². The average Bonchev–Trinajstić information content (AvgIpc) is 2.66. The van der Waals surface area contributed by atoms with E-state index in [1.807, 2.05) is 27.0 Å². The Kier molecular flexibility index (Phi) is 6.82. The van der Waals surface area contributed by atoms with Crippen LogP contribution in [-0.4, -0.2) is 50.0 Å². The zero-order valence-electron chi connectivity index (χ0n) is 13.5. The second-order valence-electron chi connectivity index (χ2n) is 7.04. The molecule has 5 heteroatoms. The third-order valence-electron chi connectivity index (χ3n) is 3.90. The minimum absolute atomic E-state index is 0.318. The lowest BCUT2D eigenvalue weighted by molar-refractivity contribution is -0.138. The molecule has 2 rings (SSSR count). The molecule has 1 heterocycles. The normalized spacial score (nSPS) is 29.6. The molecule has 1 saturated heterocycles. The van der Waals surface area contributed by atoms with Crippen LogP contribution in [0.1, 0.15) is 40.0 Å². The fraction of sp³-hybridized carbons (Fsp3) is 0.933. The van der Waals surface area contributed by atoms with Crippen LogP contribution in [0.15, 0.2) is 0 Å². The highest BCUT2D eigenvalue weighted by Gasteiger charge is 2.47. The molecule has 0 radical (unpaired) electrons. The number of nitrogens with zero attached hydrogens (tertiary/aromatic N) is 1. The third kappa shape index (κ3) is 6.02. The van der Waals surface area contributed by atoms with Crippen LogP contribution in [0.25, 0.3) is 0 Å². The maximum atomic E-state index is 9.60. The summed E-state index contributed by atoms with van der Waals surface area (Å²) >= 11 is 1.50. The lowest BCUT2D eigenvalue weighted by atomic mass is 9.62. The van der Waals surface area contributed by atoms with E-state index in [4.69, 9.17) is 4.18 Å². The molecule has 1 aliphatic heterocycles. The van der Waals surface area contributed by atoms with Crippen LogP contribution in [0, 0.1) is 11.3 Å². The molecule has 0 amide bonds. The van der Waals surface area contributed by atoms with Gasteiger partial charge in [-0.25, -0.2) is 0 Å². The van der Waals surface area contributed by atoms with E-state index in [1.54, 1.807) is 0 Å². The van der Waals surface area contributed by atoms with Crippen molar-refractivity contribution in [3.8, 4) is 0 Å². The van der Waals surface area contributed by atoms with Crippen molar-refractivity contribution < 1.29 is 13.7 Å². The smallest absolute Gasteiger partial charge is 0.293 e. The largest absolute Gasteiger partial charge is 0.462 e. The highest BCUT2D eigenvalue weighted by Crippen LogP contribution is 2.51. The van der Waals surface area contributed by atoms with Gasteiger partial charge in [0.05, 0.1) is 6.61 Å². The Morgan fingerprint density at radius 2 is 2.05 bits per heavy atom. The molecule has 2 aliphatic rings. The first-order chi connectivity index (χ1) is 9.30. The summed E-state index contributed by atoms with van der Waals surface area (Å²) in [5.41, 5.74) is 0.378. The second kappa shape index (κ2) is 7.66. The number of hydrogen-bond donors (Lipinski definition) is 0. The maximum absolute atomic E-state index is 9.60. The fourth-order valence-corrected chi connectivity index (χ4v) is 3.41. The maximum Gasteiger partial charge on any atom is 0.293 e. The molecule has 0 aromatic carbocycles. The number of hydrogen-bond acceptors (Lipinski definition) is 5. The van der Waals surface area contributed by atoms with E-state index in [-0.39, 0.29) is 5.60 Å². The number of rotatable bonds is 4. The average molecular weight is 303 g/mol. The van der Waals surface area contributed by atoms with E-state index in [1.165, 1.54) is 44.4 Å². The van der Waals surface area contributed by atoms with Gasteiger partial charge in [0.15, 0.2) is 0 Å². The van der Waals surface area contributed by atoms with E-state index in [2.05, 4.69) is 16.7 Å². The van der Waals surface area contributed by atoms with Crippen LogP contribution in [0.3, 0.4) is 0 Å². The van der Waals surface area contributed by atoms with Crippen molar-refractivity contribution in [2.45, 2.75) is 45.6 Å². The van der Waals surface area contributed by atoms with Gasteiger partial charge in [0.1, 0.15) is 5.60 Å². The summed E-state index contributed by atoms with van der Waals surface area (Å²) in [7, 11) is 2.24. The minimum atomic E-state index is -0.318. The van der Waals surface area contributed by atoms with Crippen LogP contribution >= 0.6 is 12.0 Å². The van der Waals surface area contributed by atoms with Crippen molar-refractivity contribution >= 4 is 18.5 Å². The molecule has 1 aliphatic carbocycles. The summed E-state index contributed by atoms with van der Waals surface area (Å²) in [6.07, 6.45) is 6.22. The van der Waals surface area contributed by atoms with E-state index in [0.29, 0.717) is 11.9 Å². The number of likely N-dealkylation sites (tertiary alicyclic amines) is 1. The monoisotopic (exact) mass is 303 g/mol. The SMILES string of the molecule is CC(C)(C)OC=O.CSOCC1CC2(CCN(C)C2)C1. The number of carbonyl (C=O) groups excluding carboxylic acids is 1. The Bertz CT molecular complexity index is 298. The van der Waals surface area contributed by atoms with E-state index < -0.39 is 0 Å². The minimum Gasteiger partial charge on any atom is -0.462 e. The Morgan fingerprint density at radius 1 is 1.40 bits per heavy atom.